The molecule has 0 atom stereocenters. The third kappa shape index (κ3) is 4.72. The lowest BCUT2D eigenvalue weighted by atomic mass is 10.1. The van der Waals surface area contributed by atoms with Crippen molar-refractivity contribution in [1.29, 1.82) is 0 Å². The minimum absolute atomic E-state index is 0.146. The highest BCUT2D eigenvalue weighted by Crippen LogP contribution is 2.29. The Labute approximate surface area is 156 Å². The SMILES string of the molecule is O=C(COC(=O)c1cccc(-c2nnco2)c1)Nc1ccc(C(F)(F)F)cc1. The molecule has 7 nitrogen and oxygen atoms in total. The molecule has 28 heavy (non-hydrogen) atoms. The molecule has 0 aliphatic heterocycles. The van der Waals surface area contributed by atoms with E-state index in [1.165, 1.54) is 12.1 Å². The van der Waals surface area contributed by atoms with Crippen LogP contribution in [-0.4, -0.2) is 28.7 Å². The van der Waals surface area contributed by atoms with Gasteiger partial charge in [-0.1, -0.05) is 6.07 Å². The molecule has 1 heterocycles. The Hall–Kier alpha value is -3.69. The number of rotatable bonds is 5. The second kappa shape index (κ2) is 7.91. The number of hydrogen-bond donors (Lipinski definition) is 1. The molecule has 0 unspecified atom stereocenters. The average Bonchev–Trinajstić information content (AvgIpc) is 3.21. The van der Waals surface area contributed by atoms with Gasteiger partial charge in [0.05, 0.1) is 11.1 Å². The summed E-state index contributed by atoms with van der Waals surface area (Å²) in [4.78, 5) is 23.9. The van der Waals surface area contributed by atoms with E-state index in [-0.39, 0.29) is 17.1 Å². The first kappa shape index (κ1) is 19.1. The number of halogens is 3. The zero-order valence-electron chi connectivity index (χ0n) is 14.1. The predicted octanol–water partition coefficient (Wildman–Crippen LogP) is 3.55. The molecule has 0 saturated carbocycles. The predicted molar refractivity (Wildman–Crippen MR) is 90.1 cm³/mol. The molecule has 0 saturated heterocycles. The number of aromatic nitrogens is 2. The van der Waals surface area contributed by atoms with Crippen molar-refractivity contribution < 1.29 is 31.9 Å². The van der Waals surface area contributed by atoms with Crippen LogP contribution in [0.1, 0.15) is 15.9 Å². The Morgan fingerprint density at radius 1 is 1.11 bits per heavy atom. The minimum atomic E-state index is -4.46. The van der Waals surface area contributed by atoms with Gasteiger partial charge in [0, 0.05) is 11.3 Å². The second-order valence-electron chi connectivity index (χ2n) is 5.52. The molecular weight excluding hydrogens is 379 g/mol. The van der Waals surface area contributed by atoms with Gasteiger partial charge in [-0.15, -0.1) is 10.2 Å². The first-order chi connectivity index (χ1) is 13.3. The van der Waals surface area contributed by atoms with Gasteiger partial charge >= 0.3 is 12.1 Å². The van der Waals surface area contributed by atoms with Crippen LogP contribution in [0.2, 0.25) is 0 Å². The van der Waals surface area contributed by atoms with Gasteiger partial charge in [-0.3, -0.25) is 4.79 Å². The second-order valence-corrected chi connectivity index (χ2v) is 5.52. The lowest BCUT2D eigenvalue weighted by Crippen LogP contribution is -2.21. The molecule has 0 aliphatic rings. The number of nitrogens with zero attached hydrogens (tertiary/aromatic N) is 2. The third-order valence-electron chi connectivity index (χ3n) is 3.54. The van der Waals surface area contributed by atoms with E-state index in [4.69, 9.17) is 9.15 Å². The van der Waals surface area contributed by atoms with Gasteiger partial charge in [0.1, 0.15) is 0 Å². The maximum absolute atomic E-state index is 12.5. The van der Waals surface area contributed by atoms with Gasteiger partial charge in [0.25, 0.3) is 5.91 Å². The number of carbonyl (C=O) groups is 2. The molecule has 0 aliphatic carbocycles. The summed E-state index contributed by atoms with van der Waals surface area (Å²) in [5.41, 5.74) is -0.0234. The van der Waals surface area contributed by atoms with Gasteiger partial charge in [0.15, 0.2) is 6.61 Å². The molecule has 0 fully saturated rings. The molecule has 0 spiro atoms. The van der Waals surface area contributed by atoms with Crippen molar-refractivity contribution in [3.63, 3.8) is 0 Å². The standard InChI is InChI=1S/C18H12F3N3O4/c19-18(20,21)13-4-6-14(7-5-13)23-15(25)9-27-17(26)12-3-1-2-11(8-12)16-24-22-10-28-16/h1-8,10H,9H2,(H,23,25). The number of anilines is 1. The number of esters is 1. The number of carbonyl (C=O) groups excluding carboxylic acids is 2. The highest BCUT2D eigenvalue weighted by Gasteiger charge is 2.30. The van der Waals surface area contributed by atoms with E-state index >= 15 is 0 Å². The Balaban J connectivity index is 1.56. The van der Waals surface area contributed by atoms with E-state index in [9.17, 15) is 22.8 Å². The molecule has 1 aromatic heterocycles. The number of amides is 1. The highest BCUT2D eigenvalue weighted by molar-refractivity contribution is 5.95. The average molecular weight is 391 g/mol. The van der Waals surface area contributed by atoms with Crippen LogP contribution in [0.3, 0.4) is 0 Å². The van der Waals surface area contributed by atoms with Crippen molar-refractivity contribution in [1.82, 2.24) is 10.2 Å². The van der Waals surface area contributed by atoms with E-state index in [1.54, 1.807) is 12.1 Å². The van der Waals surface area contributed by atoms with E-state index in [2.05, 4.69) is 15.5 Å². The number of benzene rings is 2. The van der Waals surface area contributed by atoms with Crippen LogP contribution in [-0.2, 0) is 15.7 Å². The van der Waals surface area contributed by atoms with Crippen LogP contribution < -0.4 is 5.32 Å². The first-order valence-electron chi connectivity index (χ1n) is 7.84. The van der Waals surface area contributed by atoms with Gasteiger partial charge in [0.2, 0.25) is 12.3 Å². The maximum atomic E-state index is 12.5. The van der Waals surface area contributed by atoms with Crippen LogP contribution in [0, 0.1) is 0 Å². The molecule has 0 bridgehead atoms. The number of alkyl halides is 3. The zero-order chi connectivity index (χ0) is 20.1. The van der Waals surface area contributed by atoms with Gasteiger partial charge < -0.3 is 14.5 Å². The van der Waals surface area contributed by atoms with Crippen molar-refractivity contribution in [3.05, 3.63) is 66.1 Å². The van der Waals surface area contributed by atoms with Crippen molar-refractivity contribution in [2.45, 2.75) is 6.18 Å². The smallest absolute Gasteiger partial charge is 0.416 e. The lowest BCUT2D eigenvalue weighted by Gasteiger charge is -2.09. The molecule has 3 rings (SSSR count). The molecule has 2 aromatic carbocycles. The molecule has 3 aromatic rings. The topological polar surface area (TPSA) is 94.3 Å². The van der Waals surface area contributed by atoms with Crippen LogP contribution in [0.4, 0.5) is 18.9 Å². The summed E-state index contributed by atoms with van der Waals surface area (Å²) in [6.07, 6.45) is -3.32. The number of hydrogen-bond acceptors (Lipinski definition) is 6. The van der Waals surface area contributed by atoms with Crippen molar-refractivity contribution in [3.8, 4) is 11.5 Å². The van der Waals surface area contributed by atoms with Crippen molar-refractivity contribution in [2.24, 2.45) is 0 Å². The summed E-state index contributed by atoms with van der Waals surface area (Å²) in [6.45, 7) is -0.607. The molecule has 10 heteroatoms. The van der Waals surface area contributed by atoms with Crippen molar-refractivity contribution >= 4 is 17.6 Å². The molecule has 144 valence electrons. The fraction of sp³-hybridized carbons (Fsp3) is 0.111. The maximum Gasteiger partial charge on any atom is 0.416 e. The number of nitrogens with one attached hydrogen (secondary N) is 1. The van der Waals surface area contributed by atoms with Crippen LogP contribution >= 0.6 is 0 Å². The zero-order valence-corrected chi connectivity index (χ0v) is 14.1. The van der Waals surface area contributed by atoms with E-state index in [0.717, 1.165) is 30.7 Å². The summed E-state index contributed by atoms with van der Waals surface area (Å²) in [5, 5.41) is 9.61. The fourth-order valence-corrected chi connectivity index (χ4v) is 2.23. The molecule has 1 amide bonds. The fourth-order valence-electron chi connectivity index (χ4n) is 2.23. The van der Waals surface area contributed by atoms with Crippen LogP contribution in [0.15, 0.2) is 59.3 Å². The lowest BCUT2D eigenvalue weighted by molar-refractivity contribution is -0.137. The van der Waals surface area contributed by atoms with E-state index in [0.29, 0.717) is 5.56 Å². The molecule has 1 N–H and O–H groups in total. The highest BCUT2D eigenvalue weighted by atomic mass is 19.4. The molecular formula is C18H12F3N3O4. The first-order valence-corrected chi connectivity index (χ1v) is 7.84. The summed E-state index contributed by atoms with van der Waals surface area (Å²) in [7, 11) is 0. The van der Waals surface area contributed by atoms with Crippen molar-refractivity contribution in [2.75, 3.05) is 11.9 Å². The summed E-state index contributed by atoms with van der Waals surface area (Å²) in [5.74, 6) is -1.24. The Morgan fingerprint density at radius 2 is 1.86 bits per heavy atom. The van der Waals surface area contributed by atoms with Gasteiger partial charge in [-0.05, 0) is 42.5 Å². The van der Waals surface area contributed by atoms with Gasteiger partial charge in [-0.2, -0.15) is 13.2 Å². The van der Waals surface area contributed by atoms with Crippen LogP contribution in [0.5, 0.6) is 0 Å². The molecule has 0 radical (unpaired) electrons. The van der Waals surface area contributed by atoms with E-state index in [1.807, 2.05) is 0 Å². The third-order valence-corrected chi connectivity index (χ3v) is 3.54. The summed E-state index contributed by atoms with van der Waals surface area (Å²) < 4.78 is 47.5. The normalized spacial score (nSPS) is 11.1. The largest absolute Gasteiger partial charge is 0.452 e. The Bertz CT molecular complexity index is 970. The minimum Gasteiger partial charge on any atom is -0.452 e. The monoisotopic (exact) mass is 391 g/mol. The summed E-state index contributed by atoms with van der Waals surface area (Å²) in [6, 6.07) is 10.1. The van der Waals surface area contributed by atoms with Crippen LogP contribution in [0.25, 0.3) is 11.5 Å². The Kier molecular flexibility index (Phi) is 5.39. The number of ether oxygens (including phenoxy) is 1. The van der Waals surface area contributed by atoms with Gasteiger partial charge in [-0.25, -0.2) is 4.79 Å². The quantitative estimate of drug-likeness (QED) is 0.669. The van der Waals surface area contributed by atoms with E-state index < -0.39 is 30.2 Å². The summed E-state index contributed by atoms with van der Waals surface area (Å²) >= 11 is 0. The Morgan fingerprint density at radius 3 is 2.50 bits per heavy atom.